The van der Waals surface area contributed by atoms with Gasteiger partial charge in [0.25, 0.3) is 0 Å². The Morgan fingerprint density at radius 2 is 1.83 bits per heavy atom. The van der Waals surface area contributed by atoms with Crippen molar-refractivity contribution in [2.24, 2.45) is 5.92 Å². The van der Waals surface area contributed by atoms with Crippen molar-refractivity contribution in [3.63, 3.8) is 0 Å². The zero-order chi connectivity index (χ0) is 13.7. The van der Waals surface area contributed by atoms with E-state index in [2.05, 4.69) is 10.6 Å². The van der Waals surface area contributed by atoms with Gasteiger partial charge in [-0.15, -0.1) is 0 Å². The molecule has 4 nitrogen and oxygen atoms in total. The summed E-state index contributed by atoms with van der Waals surface area (Å²) in [4.78, 5) is 23.2. The van der Waals surface area contributed by atoms with Gasteiger partial charge in [-0.1, -0.05) is 26.0 Å². The second kappa shape index (κ2) is 6.19. The summed E-state index contributed by atoms with van der Waals surface area (Å²) in [5, 5.41) is 5.21. The van der Waals surface area contributed by atoms with Crippen molar-refractivity contribution in [1.29, 1.82) is 0 Å². The molecule has 0 fully saturated rings. The van der Waals surface area contributed by atoms with Crippen LogP contribution in [0.25, 0.3) is 0 Å². The molecule has 0 heterocycles. The first-order chi connectivity index (χ1) is 8.41. The van der Waals surface area contributed by atoms with Gasteiger partial charge >= 0.3 is 11.8 Å². The molecule has 0 unspecified atom stereocenters. The first-order valence-corrected chi connectivity index (χ1v) is 6.07. The molecule has 0 aliphatic heterocycles. The molecule has 2 N–H and O–H groups in total. The van der Waals surface area contributed by atoms with Crippen LogP contribution < -0.4 is 10.6 Å². The number of nitrogens with one attached hydrogen (secondary N) is 2. The topological polar surface area (TPSA) is 58.2 Å². The highest BCUT2D eigenvalue weighted by molar-refractivity contribution is 6.39. The van der Waals surface area contributed by atoms with Crippen molar-refractivity contribution in [3.8, 4) is 0 Å². The van der Waals surface area contributed by atoms with Gasteiger partial charge in [0, 0.05) is 12.2 Å². The van der Waals surface area contributed by atoms with Gasteiger partial charge in [-0.05, 0) is 37.0 Å². The van der Waals surface area contributed by atoms with E-state index in [0.29, 0.717) is 18.2 Å². The number of amides is 2. The van der Waals surface area contributed by atoms with Gasteiger partial charge in [-0.2, -0.15) is 0 Å². The molecule has 0 saturated carbocycles. The molecule has 0 atom stereocenters. The van der Waals surface area contributed by atoms with Crippen LogP contribution in [0, 0.1) is 19.8 Å². The van der Waals surface area contributed by atoms with Crippen LogP contribution >= 0.6 is 0 Å². The van der Waals surface area contributed by atoms with Crippen LogP contribution in [0.4, 0.5) is 5.69 Å². The van der Waals surface area contributed by atoms with E-state index in [9.17, 15) is 9.59 Å². The number of rotatable bonds is 3. The second-order valence-corrected chi connectivity index (χ2v) is 4.81. The Bertz CT molecular complexity index is 453. The van der Waals surface area contributed by atoms with E-state index >= 15 is 0 Å². The van der Waals surface area contributed by atoms with Gasteiger partial charge in [-0.3, -0.25) is 9.59 Å². The van der Waals surface area contributed by atoms with Gasteiger partial charge in [0.1, 0.15) is 0 Å². The quantitative estimate of drug-likeness (QED) is 0.804. The number of benzene rings is 1. The zero-order valence-electron chi connectivity index (χ0n) is 11.3. The van der Waals surface area contributed by atoms with Crippen LogP contribution in [0.1, 0.15) is 25.0 Å². The average Bonchev–Trinajstić information content (AvgIpc) is 2.31. The van der Waals surface area contributed by atoms with Crippen LogP contribution in [-0.2, 0) is 9.59 Å². The minimum Gasteiger partial charge on any atom is -0.348 e. The predicted molar refractivity (Wildman–Crippen MR) is 72.4 cm³/mol. The number of aryl methyl sites for hydroxylation is 1. The summed E-state index contributed by atoms with van der Waals surface area (Å²) >= 11 is 0. The molecule has 0 aliphatic rings. The summed E-state index contributed by atoms with van der Waals surface area (Å²) in [6, 6.07) is 5.60. The Morgan fingerprint density at radius 1 is 1.17 bits per heavy atom. The third kappa shape index (κ3) is 3.87. The van der Waals surface area contributed by atoms with Gasteiger partial charge in [-0.25, -0.2) is 0 Å². The van der Waals surface area contributed by atoms with E-state index in [1.165, 1.54) is 0 Å². The smallest absolute Gasteiger partial charge is 0.313 e. The van der Waals surface area contributed by atoms with E-state index in [1.807, 2.05) is 39.8 Å². The Balaban J connectivity index is 2.64. The number of anilines is 1. The van der Waals surface area contributed by atoms with Crippen molar-refractivity contribution >= 4 is 17.5 Å². The molecule has 2 amide bonds. The Kier molecular flexibility index (Phi) is 4.89. The van der Waals surface area contributed by atoms with Crippen LogP contribution in [-0.4, -0.2) is 18.4 Å². The van der Waals surface area contributed by atoms with Crippen LogP contribution in [0.3, 0.4) is 0 Å². The molecule has 4 heteroatoms. The maximum Gasteiger partial charge on any atom is 0.313 e. The molecular formula is C14H20N2O2. The highest BCUT2D eigenvalue weighted by Crippen LogP contribution is 2.17. The van der Waals surface area contributed by atoms with Gasteiger partial charge < -0.3 is 10.6 Å². The first kappa shape index (κ1) is 14.2. The largest absolute Gasteiger partial charge is 0.348 e. The van der Waals surface area contributed by atoms with Crippen LogP contribution in [0.5, 0.6) is 0 Å². The minimum atomic E-state index is -0.621. The normalized spacial score (nSPS) is 10.3. The molecule has 0 aliphatic carbocycles. The summed E-state index contributed by atoms with van der Waals surface area (Å²) in [5.74, 6) is -0.892. The second-order valence-electron chi connectivity index (χ2n) is 4.81. The third-order valence-corrected chi connectivity index (χ3v) is 2.73. The van der Waals surface area contributed by atoms with E-state index in [4.69, 9.17) is 0 Å². The molecule has 0 radical (unpaired) electrons. The lowest BCUT2D eigenvalue weighted by molar-refractivity contribution is -0.136. The number of hydrogen-bond donors (Lipinski definition) is 2. The fraction of sp³-hybridized carbons (Fsp3) is 0.429. The standard InChI is InChI=1S/C14H20N2O2/c1-9(2)8-15-13(17)14(18)16-12-7-5-6-10(3)11(12)4/h5-7,9H,8H2,1-4H3,(H,15,17)(H,16,18). The maximum atomic E-state index is 11.7. The summed E-state index contributed by atoms with van der Waals surface area (Å²) in [6.45, 7) is 8.33. The number of carbonyl (C=O) groups excluding carboxylic acids is 2. The predicted octanol–water partition coefficient (Wildman–Crippen LogP) is 2.01. The maximum absolute atomic E-state index is 11.7. The number of carbonyl (C=O) groups is 2. The Morgan fingerprint density at radius 3 is 2.44 bits per heavy atom. The molecular weight excluding hydrogens is 228 g/mol. The molecule has 98 valence electrons. The lowest BCUT2D eigenvalue weighted by Gasteiger charge is -2.11. The molecule has 0 bridgehead atoms. The molecule has 0 aromatic heterocycles. The fourth-order valence-electron chi connectivity index (χ4n) is 1.44. The molecule has 1 rings (SSSR count). The van der Waals surface area contributed by atoms with Crippen molar-refractivity contribution in [2.45, 2.75) is 27.7 Å². The van der Waals surface area contributed by atoms with E-state index in [-0.39, 0.29) is 0 Å². The summed E-state index contributed by atoms with van der Waals surface area (Å²) in [7, 11) is 0. The van der Waals surface area contributed by atoms with E-state index in [0.717, 1.165) is 11.1 Å². The van der Waals surface area contributed by atoms with Crippen molar-refractivity contribution in [1.82, 2.24) is 5.32 Å². The minimum absolute atomic E-state index is 0.322. The van der Waals surface area contributed by atoms with Crippen molar-refractivity contribution in [2.75, 3.05) is 11.9 Å². The first-order valence-electron chi connectivity index (χ1n) is 6.07. The van der Waals surface area contributed by atoms with E-state index in [1.54, 1.807) is 6.07 Å². The lowest BCUT2D eigenvalue weighted by Crippen LogP contribution is -2.37. The summed E-state index contributed by atoms with van der Waals surface area (Å²) < 4.78 is 0. The monoisotopic (exact) mass is 248 g/mol. The van der Waals surface area contributed by atoms with Crippen LogP contribution in [0.2, 0.25) is 0 Å². The molecule has 0 saturated heterocycles. The van der Waals surface area contributed by atoms with Gasteiger partial charge in [0.15, 0.2) is 0 Å². The number of hydrogen-bond acceptors (Lipinski definition) is 2. The van der Waals surface area contributed by atoms with E-state index < -0.39 is 11.8 Å². The highest BCUT2D eigenvalue weighted by Gasteiger charge is 2.14. The Labute approximate surface area is 108 Å². The molecule has 1 aromatic rings. The van der Waals surface area contributed by atoms with Crippen molar-refractivity contribution < 1.29 is 9.59 Å². The van der Waals surface area contributed by atoms with Gasteiger partial charge in [0.2, 0.25) is 0 Å². The SMILES string of the molecule is Cc1cccc(NC(=O)C(=O)NCC(C)C)c1C. The third-order valence-electron chi connectivity index (χ3n) is 2.73. The van der Waals surface area contributed by atoms with Crippen molar-refractivity contribution in [3.05, 3.63) is 29.3 Å². The summed E-state index contributed by atoms with van der Waals surface area (Å²) in [6.07, 6.45) is 0. The average molecular weight is 248 g/mol. The lowest BCUT2D eigenvalue weighted by atomic mass is 10.1. The fourth-order valence-corrected chi connectivity index (χ4v) is 1.44. The molecule has 1 aromatic carbocycles. The molecule has 0 spiro atoms. The highest BCUT2D eigenvalue weighted by atomic mass is 16.2. The van der Waals surface area contributed by atoms with Crippen LogP contribution in [0.15, 0.2) is 18.2 Å². The molecule has 18 heavy (non-hydrogen) atoms. The summed E-state index contributed by atoms with van der Waals surface area (Å²) in [5.41, 5.74) is 2.73. The zero-order valence-corrected chi connectivity index (χ0v) is 11.3. The van der Waals surface area contributed by atoms with Gasteiger partial charge in [0.05, 0.1) is 0 Å². The Hall–Kier alpha value is -1.84.